The van der Waals surface area contributed by atoms with Crippen LogP contribution in [-0.4, -0.2) is 32.6 Å². The molecular weight excluding hydrogens is 528 g/mol. The molecule has 4 heterocycles. The summed E-state index contributed by atoms with van der Waals surface area (Å²) in [7, 11) is 0. The number of piperidine rings is 1. The summed E-state index contributed by atoms with van der Waals surface area (Å²) in [4.78, 5) is 28.2. The van der Waals surface area contributed by atoms with Crippen molar-refractivity contribution in [1.29, 1.82) is 0 Å². The van der Waals surface area contributed by atoms with Crippen molar-refractivity contribution in [2.24, 2.45) is 0 Å². The number of halogens is 1. The molecule has 0 atom stereocenters. The molecule has 1 fully saturated rings. The van der Waals surface area contributed by atoms with Crippen LogP contribution in [-0.2, 0) is 6.54 Å². The number of benzene rings is 2. The quantitative estimate of drug-likeness (QED) is 0.240. The maximum absolute atomic E-state index is 13.6. The van der Waals surface area contributed by atoms with Gasteiger partial charge in [0.25, 0.3) is 5.56 Å². The van der Waals surface area contributed by atoms with Gasteiger partial charge in [-0.3, -0.25) is 9.36 Å². The highest BCUT2D eigenvalue weighted by Crippen LogP contribution is 2.34. The molecule has 2 aromatic carbocycles. The van der Waals surface area contributed by atoms with Gasteiger partial charge in [0.15, 0.2) is 0 Å². The van der Waals surface area contributed by atoms with Crippen LogP contribution in [0.5, 0.6) is 0 Å². The van der Waals surface area contributed by atoms with Gasteiger partial charge in [0.2, 0.25) is 5.95 Å². The van der Waals surface area contributed by atoms with Crippen molar-refractivity contribution in [3.05, 3.63) is 86.9 Å². The molecule has 198 valence electrons. The van der Waals surface area contributed by atoms with Gasteiger partial charge in [-0.25, -0.2) is 9.97 Å². The fourth-order valence-corrected chi connectivity index (χ4v) is 6.27. The summed E-state index contributed by atoms with van der Waals surface area (Å²) in [6, 6.07) is 16.1. The maximum atomic E-state index is 13.6. The molecule has 3 aromatic heterocycles. The zero-order valence-electron chi connectivity index (χ0n) is 21.9. The molecule has 1 saturated heterocycles. The van der Waals surface area contributed by atoms with Crippen LogP contribution in [0.25, 0.3) is 32.6 Å². The van der Waals surface area contributed by atoms with Gasteiger partial charge in [-0.2, -0.15) is 4.98 Å². The van der Waals surface area contributed by atoms with Crippen molar-refractivity contribution in [3.8, 4) is 21.6 Å². The Morgan fingerprint density at radius 1 is 1.05 bits per heavy atom. The molecule has 0 spiro atoms. The molecule has 0 unspecified atom stereocenters. The van der Waals surface area contributed by atoms with Crippen LogP contribution in [0.1, 0.15) is 36.3 Å². The first kappa shape index (κ1) is 25.7. The topological polar surface area (TPSA) is 84.7 Å². The van der Waals surface area contributed by atoms with E-state index in [1.165, 1.54) is 5.56 Å². The number of anilines is 2. The number of aryl methyl sites for hydroxylation is 2. The lowest BCUT2D eigenvalue weighted by Gasteiger charge is -2.23. The second-order valence-electron chi connectivity index (χ2n) is 9.79. The number of hydrogen-bond acceptors (Lipinski definition) is 7. The average molecular weight is 557 g/mol. The largest absolute Gasteiger partial charge is 0.324 e. The molecular formula is C30H29ClN6OS. The van der Waals surface area contributed by atoms with Gasteiger partial charge in [-0.1, -0.05) is 35.9 Å². The predicted molar refractivity (Wildman–Crippen MR) is 160 cm³/mol. The Kier molecular flexibility index (Phi) is 7.16. The summed E-state index contributed by atoms with van der Waals surface area (Å²) in [5, 5.41) is 9.01. The van der Waals surface area contributed by atoms with Crippen molar-refractivity contribution in [2.75, 3.05) is 18.4 Å². The standard InChI is InChI=1S/C30H29ClN6OS/c1-3-37-28-22(14-25(29(37)38)24-9-6-21(15-26(24)31)27-17-33-18(2)39-27)16-34-30(36-28)35-23-7-4-19(5-8-23)20-10-12-32-13-11-20/h4-9,14-17,20,32H,3,10-13H2,1-2H3,(H,34,35,36). The molecule has 0 aliphatic carbocycles. The third-order valence-corrected chi connectivity index (χ3v) is 8.56. The minimum Gasteiger partial charge on any atom is -0.324 e. The van der Waals surface area contributed by atoms with E-state index in [1.807, 2.05) is 44.3 Å². The van der Waals surface area contributed by atoms with Gasteiger partial charge in [-0.15, -0.1) is 11.3 Å². The number of thiazole rings is 1. The van der Waals surface area contributed by atoms with E-state index >= 15 is 0 Å². The molecule has 2 N–H and O–H groups in total. The molecule has 0 bridgehead atoms. The van der Waals surface area contributed by atoms with Crippen molar-refractivity contribution < 1.29 is 0 Å². The second kappa shape index (κ2) is 10.9. The molecule has 0 amide bonds. The smallest absolute Gasteiger partial charge is 0.260 e. The van der Waals surface area contributed by atoms with E-state index in [1.54, 1.807) is 22.1 Å². The summed E-state index contributed by atoms with van der Waals surface area (Å²) in [5.74, 6) is 1.06. The van der Waals surface area contributed by atoms with Crippen molar-refractivity contribution in [2.45, 2.75) is 39.2 Å². The second-order valence-corrected chi connectivity index (χ2v) is 11.4. The van der Waals surface area contributed by atoms with Gasteiger partial charge in [0, 0.05) is 46.2 Å². The van der Waals surface area contributed by atoms with Crippen molar-refractivity contribution in [1.82, 2.24) is 24.8 Å². The summed E-state index contributed by atoms with van der Waals surface area (Å²) in [5.41, 5.74) is 4.92. The van der Waals surface area contributed by atoms with Gasteiger partial charge in [0.1, 0.15) is 5.65 Å². The molecule has 6 rings (SSSR count). The molecule has 9 heteroatoms. The van der Waals surface area contributed by atoms with Gasteiger partial charge in [-0.05, 0) is 81.1 Å². The number of rotatable bonds is 6. The number of pyridine rings is 1. The minimum atomic E-state index is -0.135. The first-order valence-corrected chi connectivity index (χ1v) is 14.4. The zero-order valence-corrected chi connectivity index (χ0v) is 23.4. The lowest BCUT2D eigenvalue weighted by molar-refractivity contribution is 0.460. The highest BCUT2D eigenvalue weighted by Gasteiger charge is 2.17. The number of hydrogen-bond donors (Lipinski definition) is 2. The number of aromatic nitrogens is 4. The van der Waals surface area contributed by atoms with Crippen LogP contribution in [0.3, 0.4) is 0 Å². The summed E-state index contributed by atoms with van der Waals surface area (Å²) < 4.78 is 1.68. The Labute approximate surface area is 235 Å². The Bertz CT molecular complexity index is 1710. The van der Waals surface area contributed by atoms with E-state index in [9.17, 15) is 4.79 Å². The van der Waals surface area contributed by atoms with E-state index < -0.39 is 0 Å². The SMILES string of the molecule is CCn1c(=O)c(-c2ccc(-c3cnc(C)s3)cc2Cl)cc2cnc(Nc3ccc(C4CCNCC4)cc3)nc21. The Morgan fingerprint density at radius 3 is 2.54 bits per heavy atom. The van der Waals surface area contributed by atoms with E-state index in [2.05, 4.69) is 44.9 Å². The van der Waals surface area contributed by atoms with E-state index in [-0.39, 0.29) is 5.56 Å². The Balaban J connectivity index is 1.30. The normalized spacial score (nSPS) is 14.1. The van der Waals surface area contributed by atoms with Crippen LogP contribution in [0.4, 0.5) is 11.6 Å². The van der Waals surface area contributed by atoms with Gasteiger partial charge >= 0.3 is 0 Å². The van der Waals surface area contributed by atoms with Crippen LogP contribution in [0.2, 0.25) is 5.02 Å². The molecule has 0 radical (unpaired) electrons. The first-order chi connectivity index (χ1) is 19.0. The Morgan fingerprint density at radius 2 is 1.85 bits per heavy atom. The Hall–Kier alpha value is -3.59. The lowest BCUT2D eigenvalue weighted by Crippen LogP contribution is -2.26. The highest BCUT2D eigenvalue weighted by molar-refractivity contribution is 7.15. The van der Waals surface area contributed by atoms with Crippen LogP contribution in [0, 0.1) is 6.92 Å². The number of nitrogens with one attached hydrogen (secondary N) is 2. The van der Waals surface area contributed by atoms with E-state index in [0.717, 1.165) is 52.5 Å². The molecule has 1 aliphatic heterocycles. The van der Waals surface area contributed by atoms with Crippen molar-refractivity contribution >= 4 is 45.6 Å². The van der Waals surface area contributed by atoms with Crippen LogP contribution >= 0.6 is 22.9 Å². The average Bonchev–Trinajstić information content (AvgIpc) is 3.40. The highest BCUT2D eigenvalue weighted by atomic mass is 35.5. The zero-order chi connectivity index (χ0) is 26.9. The van der Waals surface area contributed by atoms with E-state index in [0.29, 0.717) is 40.2 Å². The molecule has 1 aliphatic rings. The molecule has 0 saturated carbocycles. The van der Waals surface area contributed by atoms with Crippen molar-refractivity contribution in [3.63, 3.8) is 0 Å². The van der Waals surface area contributed by atoms with Crippen LogP contribution < -0.4 is 16.2 Å². The van der Waals surface area contributed by atoms with Gasteiger partial charge < -0.3 is 10.6 Å². The first-order valence-electron chi connectivity index (χ1n) is 13.2. The predicted octanol–water partition coefficient (Wildman–Crippen LogP) is 6.77. The molecule has 39 heavy (non-hydrogen) atoms. The summed E-state index contributed by atoms with van der Waals surface area (Å²) >= 11 is 8.32. The van der Waals surface area contributed by atoms with Crippen LogP contribution in [0.15, 0.2) is 65.7 Å². The lowest BCUT2D eigenvalue weighted by atomic mass is 9.90. The fraction of sp³-hybridized carbons (Fsp3) is 0.267. The minimum absolute atomic E-state index is 0.135. The number of fused-ring (bicyclic) bond motifs is 1. The number of nitrogens with zero attached hydrogens (tertiary/aromatic N) is 4. The van der Waals surface area contributed by atoms with Gasteiger partial charge in [0.05, 0.1) is 9.88 Å². The fourth-order valence-electron chi connectivity index (χ4n) is 5.21. The monoisotopic (exact) mass is 556 g/mol. The summed E-state index contributed by atoms with van der Waals surface area (Å²) in [6.07, 6.45) is 5.93. The third kappa shape index (κ3) is 5.20. The molecule has 5 aromatic rings. The van der Waals surface area contributed by atoms with E-state index in [4.69, 9.17) is 16.6 Å². The third-order valence-electron chi connectivity index (χ3n) is 7.29. The maximum Gasteiger partial charge on any atom is 0.260 e. The molecule has 7 nitrogen and oxygen atoms in total. The summed E-state index contributed by atoms with van der Waals surface area (Å²) in [6.45, 7) is 6.53.